The zero-order chi connectivity index (χ0) is 10.3. The molecule has 4 N–H and O–H groups in total. The van der Waals surface area contributed by atoms with Crippen molar-refractivity contribution in [3.05, 3.63) is 23.1 Å². The number of anilines is 1. The molecule has 0 aliphatic heterocycles. The van der Waals surface area contributed by atoms with Gasteiger partial charge in [0.05, 0.1) is 0 Å². The number of hydrogen-bond donors (Lipinski definition) is 3. The van der Waals surface area contributed by atoms with E-state index in [1.54, 1.807) is 23.5 Å². The Morgan fingerprint density at radius 2 is 2.07 bits per heavy atom. The molecule has 1 aromatic carbocycles. The van der Waals surface area contributed by atoms with Crippen LogP contribution >= 0.6 is 11.3 Å². The lowest BCUT2D eigenvalue weighted by Gasteiger charge is -2.04. The van der Waals surface area contributed by atoms with Crippen LogP contribution in [0.4, 0.5) is 5.69 Å². The van der Waals surface area contributed by atoms with E-state index in [1.165, 1.54) is 0 Å². The molecule has 0 spiro atoms. The summed E-state index contributed by atoms with van der Waals surface area (Å²) < 4.78 is 1.07. The fourth-order valence-corrected chi connectivity index (χ4v) is 2.43. The van der Waals surface area contributed by atoms with Crippen molar-refractivity contribution in [2.45, 2.75) is 6.92 Å². The summed E-state index contributed by atoms with van der Waals surface area (Å²) in [5.74, 6) is 0. The van der Waals surface area contributed by atoms with Crippen LogP contribution in [0, 0.1) is 6.92 Å². The second-order valence-corrected chi connectivity index (χ2v) is 4.18. The van der Waals surface area contributed by atoms with Crippen LogP contribution in [-0.2, 0) is 0 Å². The van der Waals surface area contributed by atoms with Gasteiger partial charge in [-0.25, -0.2) is 0 Å². The molecule has 0 radical (unpaired) electrons. The molecular formula is C9H10BNO2S. The van der Waals surface area contributed by atoms with Crippen LogP contribution in [0.15, 0.2) is 17.5 Å². The molecule has 0 unspecified atom stereocenters. The first-order valence-electron chi connectivity index (χ1n) is 4.23. The normalized spacial score (nSPS) is 10.8. The molecule has 3 nitrogen and oxygen atoms in total. The lowest BCUT2D eigenvalue weighted by Crippen LogP contribution is -2.32. The molecule has 0 saturated carbocycles. The topological polar surface area (TPSA) is 66.5 Å². The van der Waals surface area contributed by atoms with Crippen molar-refractivity contribution in [1.82, 2.24) is 0 Å². The monoisotopic (exact) mass is 207 g/mol. The highest BCUT2D eigenvalue weighted by atomic mass is 32.1. The summed E-state index contributed by atoms with van der Waals surface area (Å²) >= 11 is 1.61. The van der Waals surface area contributed by atoms with E-state index >= 15 is 0 Å². The van der Waals surface area contributed by atoms with Crippen molar-refractivity contribution in [2.24, 2.45) is 0 Å². The van der Waals surface area contributed by atoms with Crippen LogP contribution in [0.1, 0.15) is 5.56 Å². The maximum Gasteiger partial charge on any atom is 0.490 e. The minimum atomic E-state index is -1.50. The van der Waals surface area contributed by atoms with Crippen molar-refractivity contribution in [1.29, 1.82) is 0 Å². The maximum atomic E-state index is 9.07. The van der Waals surface area contributed by atoms with Crippen LogP contribution < -0.4 is 11.2 Å². The number of aryl methyl sites for hydroxylation is 1. The second kappa shape index (κ2) is 3.27. The van der Waals surface area contributed by atoms with Gasteiger partial charge in [0.1, 0.15) is 0 Å². The summed E-state index contributed by atoms with van der Waals surface area (Å²) in [5.41, 5.74) is 7.61. The molecular weight excluding hydrogens is 197 g/mol. The van der Waals surface area contributed by atoms with Gasteiger partial charge in [0, 0.05) is 15.9 Å². The molecule has 0 saturated heterocycles. The first-order chi connectivity index (χ1) is 6.59. The van der Waals surface area contributed by atoms with Gasteiger partial charge in [0.25, 0.3) is 0 Å². The van der Waals surface area contributed by atoms with Gasteiger partial charge in [-0.3, -0.25) is 0 Å². The van der Waals surface area contributed by atoms with E-state index in [2.05, 4.69) is 0 Å². The summed E-state index contributed by atoms with van der Waals surface area (Å²) in [6.45, 7) is 1.99. The number of nitrogen functional groups attached to an aromatic ring is 1. The fraction of sp³-hybridized carbons (Fsp3) is 0.111. The Morgan fingerprint density at radius 3 is 2.71 bits per heavy atom. The third-order valence-corrected chi connectivity index (χ3v) is 3.31. The number of thiophene rings is 1. The molecule has 0 amide bonds. The fourth-order valence-electron chi connectivity index (χ4n) is 1.46. The summed E-state index contributed by atoms with van der Waals surface area (Å²) in [7, 11) is -1.50. The average Bonchev–Trinajstić information content (AvgIpc) is 2.46. The number of rotatable bonds is 1. The van der Waals surface area contributed by atoms with Crippen molar-refractivity contribution in [3.8, 4) is 0 Å². The van der Waals surface area contributed by atoms with Gasteiger partial charge in [-0.15, -0.1) is 11.3 Å². The Bertz CT molecular complexity index is 481. The van der Waals surface area contributed by atoms with Gasteiger partial charge in [0.15, 0.2) is 0 Å². The van der Waals surface area contributed by atoms with Crippen LogP contribution in [0.25, 0.3) is 10.1 Å². The number of hydrogen-bond acceptors (Lipinski definition) is 4. The third-order valence-electron chi connectivity index (χ3n) is 2.25. The summed E-state index contributed by atoms with van der Waals surface area (Å²) in [6, 6.07) is 3.52. The molecule has 0 bridgehead atoms. The highest BCUT2D eigenvalue weighted by molar-refractivity contribution is 7.17. The van der Waals surface area contributed by atoms with E-state index in [1.807, 2.05) is 12.3 Å². The van der Waals surface area contributed by atoms with Crippen molar-refractivity contribution >= 4 is 39.7 Å². The molecule has 0 aliphatic carbocycles. The Hall–Kier alpha value is -1.04. The van der Waals surface area contributed by atoms with E-state index in [4.69, 9.17) is 15.8 Å². The highest BCUT2D eigenvalue weighted by Crippen LogP contribution is 2.26. The van der Waals surface area contributed by atoms with E-state index in [-0.39, 0.29) is 0 Å². The van der Waals surface area contributed by atoms with E-state index < -0.39 is 7.12 Å². The van der Waals surface area contributed by atoms with Crippen LogP contribution in [0.2, 0.25) is 0 Å². The molecule has 72 valence electrons. The van der Waals surface area contributed by atoms with Crippen LogP contribution in [0.3, 0.4) is 0 Å². The molecule has 1 aromatic heterocycles. The predicted molar refractivity (Wildman–Crippen MR) is 60.8 cm³/mol. The Kier molecular flexibility index (Phi) is 2.22. The molecule has 0 fully saturated rings. The molecule has 14 heavy (non-hydrogen) atoms. The van der Waals surface area contributed by atoms with E-state index in [0.717, 1.165) is 15.6 Å². The number of benzene rings is 1. The quantitative estimate of drug-likeness (QED) is 0.470. The Balaban J connectivity index is 2.74. The van der Waals surface area contributed by atoms with Gasteiger partial charge < -0.3 is 15.8 Å². The first kappa shape index (κ1) is 9.52. The second-order valence-electron chi connectivity index (χ2n) is 3.27. The Labute approximate surface area is 85.9 Å². The maximum absolute atomic E-state index is 9.07. The van der Waals surface area contributed by atoms with Gasteiger partial charge in [-0.1, -0.05) is 6.07 Å². The van der Waals surface area contributed by atoms with E-state index in [9.17, 15) is 0 Å². The summed E-state index contributed by atoms with van der Waals surface area (Å²) in [6.07, 6.45) is 0. The van der Waals surface area contributed by atoms with Crippen LogP contribution in [0.5, 0.6) is 0 Å². The smallest absolute Gasteiger partial charge is 0.423 e. The van der Waals surface area contributed by atoms with Crippen molar-refractivity contribution in [2.75, 3.05) is 5.73 Å². The van der Waals surface area contributed by atoms with Gasteiger partial charge >= 0.3 is 7.12 Å². The first-order valence-corrected chi connectivity index (χ1v) is 5.11. The van der Waals surface area contributed by atoms with Crippen molar-refractivity contribution in [3.63, 3.8) is 0 Å². The molecule has 0 atom stereocenters. The molecule has 1 heterocycles. The SMILES string of the molecule is Cc1csc2cc(N)c(B(O)O)cc12. The molecule has 2 rings (SSSR count). The lowest BCUT2D eigenvalue weighted by molar-refractivity contribution is 0.426. The summed E-state index contributed by atoms with van der Waals surface area (Å²) in [4.78, 5) is 0. The molecule has 2 aromatic rings. The van der Waals surface area contributed by atoms with Crippen molar-refractivity contribution < 1.29 is 10.0 Å². The lowest BCUT2D eigenvalue weighted by atomic mass is 9.78. The minimum absolute atomic E-state index is 0.374. The number of nitrogens with two attached hydrogens (primary N) is 1. The van der Waals surface area contributed by atoms with Gasteiger partial charge in [0.2, 0.25) is 0 Å². The Morgan fingerprint density at radius 1 is 1.36 bits per heavy atom. The standard InChI is InChI=1S/C9H10BNO2S/c1-5-4-14-9-3-8(11)7(10(12)13)2-6(5)9/h2-4,12-13H,11H2,1H3. The van der Waals surface area contributed by atoms with Crippen LogP contribution in [-0.4, -0.2) is 17.2 Å². The zero-order valence-corrected chi connectivity index (χ0v) is 8.51. The van der Waals surface area contributed by atoms with Gasteiger partial charge in [-0.2, -0.15) is 0 Å². The largest absolute Gasteiger partial charge is 0.490 e. The number of fused-ring (bicyclic) bond motifs is 1. The average molecular weight is 207 g/mol. The zero-order valence-electron chi connectivity index (χ0n) is 7.69. The third kappa shape index (κ3) is 1.39. The molecule has 5 heteroatoms. The summed E-state index contributed by atoms with van der Waals surface area (Å²) in [5, 5.41) is 21.2. The minimum Gasteiger partial charge on any atom is -0.423 e. The molecule has 0 aliphatic rings. The predicted octanol–water partition coefficient (Wildman–Crippen LogP) is 0.472. The van der Waals surface area contributed by atoms with E-state index in [0.29, 0.717) is 11.2 Å². The van der Waals surface area contributed by atoms with Gasteiger partial charge in [-0.05, 0) is 29.3 Å². The highest BCUT2D eigenvalue weighted by Gasteiger charge is 2.16.